The average Bonchev–Trinajstić information content (AvgIpc) is 2.64. The zero-order chi connectivity index (χ0) is 18.9. The Balaban J connectivity index is 2.01. The minimum atomic E-state index is -0.864. The lowest BCUT2D eigenvalue weighted by molar-refractivity contribution is -0.763. The van der Waals surface area contributed by atoms with E-state index in [1.165, 1.54) is 13.2 Å². The van der Waals surface area contributed by atoms with Crippen molar-refractivity contribution in [3.05, 3.63) is 69.8 Å². The summed E-state index contributed by atoms with van der Waals surface area (Å²) in [6, 6.07) is 11.9. The third kappa shape index (κ3) is 5.52. The van der Waals surface area contributed by atoms with Crippen molar-refractivity contribution < 1.29 is 24.2 Å². The summed E-state index contributed by atoms with van der Waals surface area (Å²) in [6.07, 6.45) is 3.01. The molecule has 0 aromatic heterocycles. The molecule has 0 aliphatic heterocycles. The lowest BCUT2D eigenvalue weighted by Crippen LogP contribution is -2.08. The van der Waals surface area contributed by atoms with Crippen LogP contribution in [0.25, 0.3) is 6.08 Å². The first kappa shape index (κ1) is 18.8. The Morgan fingerprint density at radius 1 is 1.15 bits per heavy atom. The van der Waals surface area contributed by atoms with Crippen LogP contribution < -0.4 is 14.8 Å². The van der Waals surface area contributed by atoms with E-state index in [4.69, 9.17) is 9.47 Å². The number of rotatable bonds is 8. The van der Waals surface area contributed by atoms with Crippen LogP contribution in [0.15, 0.2) is 48.5 Å². The van der Waals surface area contributed by atoms with Crippen LogP contribution in [0.5, 0.6) is 11.5 Å². The van der Waals surface area contributed by atoms with Crippen molar-refractivity contribution in [2.24, 2.45) is 0 Å². The number of nitrogens with zero attached hydrogens (tertiary/aromatic N) is 1. The zero-order valence-corrected chi connectivity index (χ0v) is 14.3. The summed E-state index contributed by atoms with van der Waals surface area (Å²) < 4.78 is 10.4. The quantitative estimate of drug-likeness (QED) is 0.442. The normalized spacial score (nSPS) is 10.4. The highest BCUT2D eigenvalue weighted by Crippen LogP contribution is 2.27. The summed E-state index contributed by atoms with van der Waals surface area (Å²) in [7, 11) is 3.08. The molecule has 2 rings (SSSR count). The highest BCUT2D eigenvalue weighted by atomic mass is 16.9. The predicted octanol–water partition coefficient (Wildman–Crippen LogP) is 3.06. The van der Waals surface area contributed by atoms with Crippen molar-refractivity contribution in [3.8, 4) is 11.5 Å². The molecule has 8 nitrogen and oxygen atoms in total. The van der Waals surface area contributed by atoms with Crippen molar-refractivity contribution in [2.45, 2.75) is 6.61 Å². The van der Waals surface area contributed by atoms with E-state index in [9.17, 15) is 14.9 Å². The lowest BCUT2D eigenvalue weighted by Gasteiger charge is -2.07. The molecule has 2 aromatic carbocycles. The second-order valence-corrected chi connectivity index (χ2v) is 5.13. The maximum atomic E-state index is 12.0. The summed E-state index contributed by atoms with van der Waals surface area (Å²) in [5, 5.41) is 12.0. The minimum absolute atomic E-state index is 0.182. The summed E-state index contributed by atoms with van der Waals surface area (Å²) in [5.74, 6) is 0.823. The molecule has 8 heteroatoms. The van der Waals surface area contributed by atoms with E-state index in [0.29, 0.717) is 22.7 Å². The van der Waals surface area contributed by atoms with Gasteiger partial charge in [0.2, 0.25) is 5.91 Å². The summed E-state index contributed by atoms with van der Waals surface area (Å²) in [5.41, 5.74) is 1.85. The van der Waals surface area contributed by atoms with Gasteiger partial charge in [-0.05, 0) is 41.5 Å². The Hall–Kier alpha value is -3.55. The van der Waals surface area contributed by atoms with Gasteiger partial charge in [-0.25, -0.2) is 0 Å². The third-order valence-corrected chi connectivity index (χ3v) is 3.37. The molecule has 0 saturated heterocycles. The van der Waals surface area contributed by atoms with Gasteiger partial charge >= 0.3 is 0 Å². The molecule has 0 fully saturated rings. The number of carbonyl (C=O) groups is 1. The number of amides is 1. The number of hydrogen-bond donors (Lipinski definition) is 1. The highest BCUT2D eigenvalue weighted by Gasteiger charge is 2.04. The topological polar surface area (TPSA) is 99.9 Å². The Morgan fingerprint density at radius 2 is 1.92 bits per heavy atom. The number of nitrogens with one attached hydrogen (secondary N) is 1. The maximum absolute atomic E-state index is 12.0. The van der Waals surface area contributed by atoms with Crippen molar-refractivity contribution in [3.63, 3.8) is 0 Å². The molecule has 0 radical (unpaired) electrons. The minimum Gasteiger partial charge on any atom is -0.493 e. The van der Waals surface area contributed by atoms with E-state index in [1.807, 2.05) is 0 Å². The molecule has 26 heavy (non-hydrogen) atoms. The highest BCUT2D eigenvalue weighted by molar-refractivity contribution is 6.02. The fraction of sp³-hybridized carbons (Fsp3) is 0.167. The molecule has 0 heterocycles. The first-order chi connectivity index (χ1) is 12.5. The van der Waals surface area contributed by atoms with Gasteiger partial charge < -0.3 is 19.6 Å². The Morgan fingerprint density at radius 3 is 2.62 bits per heavy atom. The first-order valence-corrected chi connectivity index (χ1v) is 7.59. The Labute approximate surface area is 150 Å². The number of carbonyl (C=O) groups excluding carboxylic acids is 1. The monoisotopic (exact) mass is 358 g/mol. The molecular formula is C18H18N2O6. The molecule has 0 aliphatic carbocycles. The van der Waals surface area contributed by atoms with Gasteiger partial charge in [-0.1, -0.05) is 18.2 Å². The molecule has 0 unspecified atom stereocenters. The summed E-state index contributed by atoms with van der Waals surface area (Å²) >= 11 is 0. The van der Waals surface area contributed by atoms with Gasteiger partial charge in [0.15, 0.2) is 11.5 Å². The predicted molar refractivity (Wildman–Crippen MR) is 95.4 cm³/mol. The number of ether oxygens (including phenoxy) is 2. The van der Waals surface area contributed by atoms with Gasteiger partial charge in [-0.2, -0.15) is 0 Å². The number of methoxy groups -OCH3 is 2. The molecule has 0 saturated carbocycles. The van der Waals surface area contributed by atoms with Crippen LogP contribution in [0.2, 0.25) is 0 Å². The van der Waals surface area contributed by atoms with Crippen molar-refractivity contribution in [1.29, 1.82) is 0 Å². The van der Waals surface area contributed by atoms with E-state index in [0.717, 1.165) is 5.56 Å². The Bertz CT molecular complexity index is 819. The van der Waals surface area contributed by atoms with E-state index in [2.05, 4.69) is 10.2 Å². The fourth-order valence-electron chi connectivity index (χ4n) is 2.18. The van der Waals surface area contributed by atoms with Gasteiger partial charge in [-0.3, -0.25) is 4.79 Å². The van der Waals surface area contributed by atoms with Gasteiger partial charge in [0.1, 0.15) is 6.61 Å². The van der Waals surface area contributed by atoms with E-state index in [1.54, 1.807) is 55.7 Å². The average molecular weight is 358 g/mol. The summed E-state index contributed by atoms with van der Waals surface area (Å²) in [6.45, 7) is -0.182. The second kappa shape index (κ2) is 9.07. The second-order valence-electron chi connectivity index (χ2n) is 5.13. The molecule has 136 valence electrons. The molecule has 1 amide bonds. The fourth-order valence-corrected chi connectivity index (χ4v) is 2.18. The molecule has 1 N–H and O–H groups in total. The van der Waals surface area contributed by atoms with Crippen LogP contribution in [0.4, 0.5) is 5.69 Å². The largest absolute Gasteiger partial charge is 0.493 e. The van der Waals surface area contributed by atoms with Crippen LogP contribution in [0, 0.1) is 10.1 Å². The standard InChI is InChI=1S/C18H18N2O6/c1-24-16-8-6-13(11-17(16)25-2)7-9-18(21)19-15-5-3-4-14(10-15)12-26-20(22)23/h3-11H,12H2,1-2H3,(H,19,21). The van der Waals surface area contributed by atoms with Crippen LogP contribution in [-0.2, 0) is 16.2 Å². The maximum Gasteiger partial charge on any atom is 0.294 e. The lowest BCUT2D eigenvalue weighted by atomic mass is 10.2. The molecular weight excluding hydrogens is 340 g/mol. The molecule has 0 spiro atoms. The van der Waals surface area contributed by atoms with Gasteiger partial charge in [-0.15, -0.1) is 10.1 Å². The van der Waals surface area contributed by atoms with Gasteiger partial charge in [0.25, 0.3) is 5.09 Å². The van der Waals surface area contributed by atoms with Crippen molar-refractivity contribution in [1.82, 2.24) is 0 Å². The SMILES string of the molecule is COc1ccc(C=CC(=O)Nc2cccc(CO[N+](=O)[O-])c2)cc1OC. The van der Waals surface area contributed by atoms with Crippen molar-refractivity contribution >= 4 is 17.7 Å². The van der Waals surface area contributed by atoms with Gasteiger partial charge in [0, 0.05) is 11.8 Å². The van der Waals surface area contributed by atoms with Gasteiger partial charge in [0.05, 0.1) is 14.2 Å². The van der Waals surface area contributed by atoms with Crippen LogP contribution in [0.1, 0.15) is 11.1 Å². The number of anilines is 1. The van der Waals surface area contributed by atoms with E-state index in [-0.39, 0.29) is 12.5 Å². The first-order valence-electron chi connectivity index (χ1n) is 7.59. The summed E-state index contributed by atoms with van der Waals surface area (Å²) in [4.78, 5) is 26.6. The van der Waals surface area contributed by atoms with Crippen LogP contribution in [-0.4, -0.2) is 25.2 Å². The van der Waals surface area contributed by atoms with E-state index >= 15 is 0 Å². The molecule has 0 atom stereocenters. The van der Waals surface area contributed by atoms with E-state index < -0.39 is 5.09 Å². The zero-order valence-electron chi connectivity index (χ0n) is 14.3. The smallest absolute Gasteiger partial charge is 0.294 e. The molecule has 0 aliphatic rings. The number of benzene rings is 2. The van der Waals surface area contributed by atoms with Crippen LogP contribution in [0.3, 0.4) is 0 Å². The Kier molecular flexibility index (Phi) is 6.55. The molecule has 0 bridgehead atoms. The van der Waals surface area contributed by atoms with Crippen LogP contribution >= 0.6 is 0 Å². The third-order valence-electron chi connectivity index (χ3n) is 3.37. The van der Waals surface area contributed by atoms with Crippen molar-refractivity contribution in [2.75, 3.05) is 19.5 Å². The molecule has 2 aromatic rings. The number of hydrogen-bond acceptors (Lipinski definition) is 6.